The topological polar surface area (TPSA) is 89.9 Å². The van der Waals surface area contributed by atoms with Crippen LogP contribution in [0, 0.1) is 0 Å². The van der Waals surface area contributed by atoms with Gasteiger partial charge in [-0.2, -0.15) is 0 Å². The summed E-state index contributed by atoms with van der Waals surface area (Å²) in [6, 6.07) is 0. The number of esters is 2. The maximum absolute atomic E-state index is 11.1. The van der Waals surface area contributed by atoms with Crippen LogP contribution in [0.4, 0.5) is 0 Å². The predicted molar refractivity (Wildman–Crippen MR) is 106 cm³/mol. The Bertz CT molecular complexity index is 505. The number of ether oxygens (including phenoxy) is 2. The molecule has 0 saturated heterocycles. The van der Waals surface area contributed by atoms with E-state index in [0.717, 1.165) is 37.8 Å². The van der Waals surface area contributed by atoms with E-state index in [2.05, 4.69) is 20.1 Å². The molecule has 27 heavy (non-hydrogen) atoms. The molecule has 0 aromatic heterocycles. The number of unbranched alkanes of at least 4 members (excludes halogenated alkanes) is 4. The van der Waals surface area contributed by atoms with E-state index >= 15 is 0 Å². The molecule has 1 N–H and O–H groups in total. The number of hydrogen-bond acceptors (Lipinski definition) is 5. The van der Waals surface area contributed by atoms with Crippen LogP contribution in [0.3, 0.4) is 0 Å². The lowest BCUT2D eigenvalue weighted by atomic mass is 10.2. The minimum Gasteiger partial charge on any atom is -0.478 e. The fraction of sp³-hybridized carbons (Fsp3) is 0.571. The first-order valence-electron chi connectivity index (χ1n) is 9.41. The summed E-state index contributed by atoms with van der Waals surface area (Å²) in [6.07, 6.45) is 8.90. The second-order valence-electron chi connectivity index (χ2n) is 5.84. The number of rotatable bonds is 13. The van der Waals surface area contributed by atoms with Crippen molar-refractivity contribution in [3.8, 4) is 0 Å². The highest BCUT2D eigenvalue weighted by atomic mass is 16.5. The number of carbonyl (C=O) groups is 3. The average Bonchev–Trinajstić information content (AvgIpc) is 2.65. The number of carbonyl (C=O) groups excluding carboxylic acids is 2. The Balaban J connectivity index is 0. The van der Waals surface area contributed by atoms with Crippen LogP contribution in [0.15, 0.2) is 36.5 Å². The van der Waals surface area contributed by atoms with Gasteiger partial charge >= 0.3 is 17.9 Å². The molecule has 154 valence electrons. The smallest absolute Gasteiger partial charge is 0.337 e. The molecule has 0 unspecified atom stereocenters. The first-order valence-corrected chi connectivity index (χ1v) is 9.41. The third-order valence-corrected chi connectivity index (χ3v) is 3.37. The molecule has 6 nitrogen and oxygen atoms in total. The van der Waals surface area contributed by atoms with Crippen LogP contribution in [0.5, 0.6) is 0 Å². The van der Waals surface area contributed by atoms with Crippen molar-refractivity contribution in [2.45, 2.75) is 65.7 Å². The van der Waals surface area contributed by atoms with Crippen molar-refractivity contribution in [2.75, 3.05) is 13.2 Å². The quantitative estimate of drug-likeness (QED) is 0.217. The Hall–Kier alpha value is -2.37. The molecule has 0 saturated carbocycles. The predicted octanol–water partition coefficient (Wildman–Crippen LogP) is 4.60. The van der Waals surface area contributed by atoms with Crippen LogP contribution < -0.4 is 0 Å². The van der Waals surface area contributed by atoms with Crippen molar-refractivity contribution in [1.82, 2.24) is 0 Å². The molecule has 0 radical (unpaired) electrons. The lowest BCUT2D eigenvalue weighted by Gasteiger charge is -2.04. The van der Waals surface area contributed by atoms with Crippen LogP contribution in [0.2, 0.25) is 0 Å². The Morgan fingerprint density at radius 2 is 1.37 bits per heavy atom. The molecule has 0 fully saturated rings. The summed E-state index contributed by atoms with van der Waals surface area (Å²) in [7, 11) is 0. The highest BCUT2D eigenvalue weighted by molar-refractivity contribution is 5.93. The van der Waals surface area contributed by atoms with Gasteiger partial charge in [0.1, 0.15) is 0 Å². The number of aliphatic carboxylic acids is 1. The zero-order valence-corrected chi connectivity index (χ0v) is 16.9. The Kier molecular flexibility index (Phi) is 18.3. The van der Waals surface area contributed by atoms with Crippen molar-refractivity contribution in [2.24, 2.45) is 0 Å². The van der Waals surface area contributed by atoms with Crippen molar-refractivity contribution < 1.29 is 29.0 Å². The molecule has 0 aromatic rings. The van der Waals surface area contributed by atoms with E-state index in [0.29, 0.717) is 25.2 Å². The first kappa shape index (κ1) is 26.9. The highest BCUT2D eigenvalue weighted by Gasteiger charge is 2.05. The third-order valence-electron chi connectivity index (χ3n) is 3.37. The summed E-state index contributed by atoms with van der Waals surface area (Å²) >= 11 is 0. The Morgan fingerprint density at radius 1 is 0.815 bits per heavy atom. The van der Waals surface area contributed by atoms with E-state index in [-0.39, 0.29) is 11.5 Å². The van der Waals surface area contributed by atoms with E-state index in [4.69, 9.17) is 14.6 Å². The molecule has 0 heterocycles. The van der Waals surface area contributed by atoms with E-state index in [1.807, 2.05) is 13.8 Å². The highest BCUT2D eigenvalue weighted by Crippen LogP contribution is 2.03. The Morgan fingerprint density at radius 3 is 1.89 bits per heavy atom. The standard InChI is InChI=1S/C11H20O2.C10H14O4/c1-4-6-7-8-9-13-11(12)10(3)5-2;1-3-4-7-14-10(13)8(2)5-6-9(11)12/h3-9H2,1-2H3;5-6H,2-4,7H2,1H3,(H,11,12). The minimum absolute atomic E-state index is 0.0449. The molecule has 0 bridgehead atoms. The van der Waals surface area contributed by atoms with Gasteiger partial charge in [-0.05, 0) is 25.3 Å². The largest absolute Gasteiger partial charge is 0.478 e. The number of carboxylic acids is 1. The minimum atomic E-state index is -1.12. The number of hydrogen-bond donors (Lipinski definition) is 1. The molecule has 0 aliphatic carbocycles. The van der Waals surface area contributed by atoms with Crippen LogP contribution in [0.25, 0.3) is 0 Å². The average molecular weight is 382 g/mol. The fourth-order valence-electron chi connectivity index (χ4n) is 1.58. The SMILES string of the molecule is C=C(C=CC(=O)O)C(=O)OCCCC.C=C(CC)C(=O)OCCCCCC. The first-order chi connectivity index (χ1) is 12.8. The zero-order valence-electron chi connectivity index (χ0n) is 16.9. The summed E-state index contributed by atoms with van der Waals surface area (Å²) in [5.74, 6) is -1.93. The second-order valence-corrected chi connectivity index (χ2v) is 5.84. The molecule has 0 aromatic carbocycles. The second kappa shape index (κ2) is 18.4. The molecule has 0 atom stereocenters. The van der Waals surface area contributed by atoms with Crippen molar-refractivity contribution in [3.05, 3.63) is 36.5 Å². The lowest BCUT2D eigenvalue weighted by Crippen LogP contribution is -2.07. The van der Waals surface area contributed by atoms with Crippen molar-refractivity contribution in [3.63, 3.8) is 0 Å². The third kappa shape index (κ3) is 18.2. The van der Waals surface area contributed by atoms with Crippen molar-refractivity contribution >= 4 is 17.9 Å². The van der Waals surface area contributed by atoms with Gasteiger partial charge in [-0.1, -0.05) is 59.6 Å². The van der Waals surface area contributed by atoms with Crippen LogP contribution in [-0.2, 0) is 23.9 Å². The molecule has 0 spiro atoms. The van der Waals surface area contributed by atoms with Gasteiger partial charge in [0, 0.05) is 11.6 Å². The van der Waals surface area contributed by atoms with Gasteiger partial charge in [-0.3, -0.25) is 0 Å². The van der Waals surface area contributed by atoms with Crippen LogP contribution in [-0.4, -0.2) is 36.2 Å². The molecule has 0 aliphatic heterocycles. The normalized spacial score (nSPS) is 9.89. The Labute approximate surface area is 162 Å². The van der Waals surface area contributed by atoms with Gasteiger partial charge in [0.25, 0.3) is 0 Å². The van der Waals surface area contributed by atoms with Gasteiger partial charge in [-0.25, -0.2) is 14.4 Å². The molecule has 0 aliphatic rings. The lowest BCUT2D eigenvalue weighted by molar-refractivity contribution is -0.139. The molecule has 6 heteroatoms. The van der Waals surface area contributed by atoms with E-state index in [9.17, 15) is 14.4 Å². The van der Waals surface area contributed by atoms with Gasteiger partial charge in [0.2, 0.25) is 0 Å². The van der Waals surface area contributed by atoms with Crippen molar-refractivity contribution in [1.29, 1.82) is 0 Å². The summed E-state index contributed by atoms with van der Waals surface area (Å²) in [6.45, 7) is 13.9. The summed E-state index contributed by atoms with van der Waals surface area (Å²) in [4.78, 5) is 32.3. The molecular formula is C21H34O6. The number of carboxylic acid groups (broad SMARTS) is 1. The monoisotopic (exact) mass is 382 g/mol. The van der Waals surface area contributed by atoms with Gasteiger partial charge < -0.3 is 14.6 Å². The summed E-state index contributed by atoms with van der Waals surface area (Å²) in [5, 5.41) is 8.28. The summed E-state index contributed by atoms with van der Waals surface area (Å²) in [5.41, 5.74) is 0.610. The van der Waals surface area contributed by atoms with Crippen LogP contribution >= 0.6 is 0 Å². The van der Waals surface area contributed by atoms with Gasteiger partial charge in [0.15, 0.2) is 0 Å². The maximum Gasteiger partial charge on any atom is 0.337 e. The summed E-state index contributed by atoms with van der Waals surface area (Å²) < 4.78 is 9.80. The molecular weight excluding hydrogens is 348 g/mol. The molecule has 0 rings (SSSR count). The van der Waals surface area contributed by atoms with Crippen LogP contribution in [0.1, 0.15) is 65.7 Å². The van der Waals surface area contributed by atoms with Gasteiger partial charge in [0.05, 0.1) is 18.8 Å². The molecule has 0 amide bonds. The zero-order chi connectivity index (χ0) is 21.1. The maximum atomic E-state index is 11.1. The van der Waals surface area contributed by atoms with E-state index in [1.54, 1.807) is 0 Å². The van der Waals surface area contributed by atoms with E-state index < -0.39 is 11.9 Å². The fourth-order valence-corrected chi connectivity index (χ4v) is 1.58. The van der Waals surface area contributed by atoms with E-state index in [1.165, 1.54) is 12.8 Å². The van der Waals surface area contributed by atoms with Gasteiger partial charge in [-0.15, -0.1) is 0 Å².